The van der Waals surface area contributed by atoms with E-state index in [1.807, 2.05) is 0 Å². The number of hydrogen-bond donors (Lipinski definition) is 0. The summed E-state index contributed by atoms with van der Waals surface area (Å²) in [6.45, 7) is 1.37. The molecule has 0 aromatic heterocycles. The fourth-order valence-electron chi connectivity index (χ4n) is 0.678. The molecule has 11 heavy (non-hydrogen) atoms. The number of alkyl halides is 3. The Hall–Kier alpha value is 0.230. The van der Waals surface area contributed by atoms with Crippen LogP contribution in [0.15, 0.2) is 0 Å². The van der Waals surface area contributed by atoms with Crippen molar-refractivity contribution in [2.75, 3.05) is 5.75 Å². The zero-order valence-electron chi connectivity index (χ0n) is 5.82. The van der Waals surface area contributed by atoms with Crippen molar-refractivity contribution in [1.82, 2.24) is 0 Å². The Morgan fingerprint density at radius 2 is 2.00 bits per heavy atom. The maximum atomic E-state index is 11.6. The normalized spacial score (nSPS) is 17.9. The lowest BCUT2D eigenvalue weighted by atomic mass is 10.1. The lowest BCUT2D eigenvalue weighted by Crippen LogP contribution is -2.16. The molecule has 0 aliphatic carbocycles. The summed E-state index contributed by atoms with van der Waals surface area (Å²) in [6.07, 6.45) is -5.11. The molecule has 68 valence electrons. The molecular formula is C5H8ClF3OS. The van der Waals surface area contributed by atoms with Crippen LogP contribution in [0.5, 0.6) is 0 Å². The molecule has 0 N–H and O–H groups in total. The van der Waals surface area contributed by atoms with E-state index >= 15 is 0 Å². The second kappa shape index (κ2) is 4.30. The summed E-state index contributed by atoms with van der Waals surface area (Å²) in [4.78, 5) is 0. The van der Waals surface area contributed by atoms with E-state index in [-0.39, 0.29) is 5.75 Å². The lowest BCUT2D eigenvalue weighted by molar-refractivity contribution is -0.141. The molecule has 0 amide bonds. The minimum Gasteiger partial charge on any atom is -0.243 e. The van der Waals surface area contributed by atoms with E-state index in [0.717, 1.165) is 0 Å². The molecule has 0 rings (SSSR count). The first-order chi connectivity index (χ1) is 4.81. The van der Waals surface area contributed by atoms with Gasteiger partial charge in [0.15, 0.2) is 0 Å². The molecule has 2 unspecified atom stereocenters. The van der Waals surface area contributed by atoms with Gasteiger partial charge in [0.1, 0.15) is 10.0 Å². The van der Waals surface area contributed by atoms with Crippen LogP contribution < -0.4 is 0 Å². The summed E-state index contributed by atoms with van der Waals surface area (Å²) in [5, 5.41) is 0. The molecule has 0 spiro atoms. The monoisotopic (exact) mass is 208 g/mol. The Labute approximate surface area is 69.9 Å². The van der Waals surface area contributed by atoms with Crippen LogP contribution in [0.3, 0.4) is 0 Å². The molecule has 0 fully saturated rings. The molecule has 2 atom stereocenters. The maximum absolute atomic E-state index is 11.6. The van der Waals surface area contributed by atoms with E-state index < -0.39 is 28.5 Å². The molecule has 1 nitrogen and oxygen atoms in total. The van der Waals surface area contributed by atoms with E-state index in [2.05, 4.69) is 0 Å². The van der Waals surface area contributed by atoms with Crippen molar-refractivity contribution >= 4 is 20.7 Å². The Morgan fingerprint density at radius 3 is 2.27 bits per heavy atom. The highest BCUT2D eigenvalue weighted by Crippen LogP contribution is 2.25. The molecule has 0 bridgehead atoms. The zero-order valence-corrected chi connectivity index (χ0v) is 7.39. The van der Waals surface area contributed by atoms with Crippen LogP contribution in [0.25, 0.3) is 0 Å². The van der Waals surface area contributed by atoms with Crippen LogP contribution in [0.2, 0.25) is 0 Å². The van der Waals surface area contributed by atoms with Crippen molar-refractivity contribution in [3.05, 3.63) is 0 Å². The Bertz CT molecular complexity index is 147. The van der Waals surface area contributed by atoms with Crippen molar-refractivity contribution in [2.45, 2.75) is 19.5 Å². The van der Waals surface area contributed by atoms with Crippen LogP contribution in [0.1, 0.15) is 13.3 Å². The van der Waals surface area contributed by atoms with Gasteiger partial charge in [0.25, 0.3) is 0 Å². The van der Waals surface area contributed by atoms with E-state index in [0.29, 0.717) is 0 Å². The van der Waals surface area contributed by atoms with Crippen molar-refractivity contribution < 1.29 is 17.4 Å². The van der Waals surface area contributed by atoms with Gasteiger partial charge in [-0.2, -0.15) is 13.2 Å². The summed E-state index contributed by atoms with van der Waals surface area (Å²) >= 11 is 0. The van der Waals surface area contributed by atoms with Crippen LogP contribution in [0.4, 0.5) is 13.2 Å². The largest absolute Gasteiger partial charge is 0.389 e. The molecule has 0 aromatic rings. The Balaban J connectivity index is 3.69. The Morgan fingerprint density at radius 1 is 1.55 bits per heavy atom. The van der Waals surface area contributed by atoms with Gasteiger partial charge in [-0.25, -0.2) is 4.21 Å². The van der Waals surface area contributed by atoms with E-state index in [1.165, 1.54) is 6.92 Å². The smallest absolute Gasteiger partial charge is 0.243 e. The predicted octanol–water partition coefficient (Wildman–Crippen LogP) is 2.48. The lowest BCUT2D eigenvalue weighted by Gasteiger charge is -2.10. The van der Waals surface area contributed by atoms with Crippen molar-refractivity contribution in [1.29, 1.82) is 0 Å². The minimum absolute atomic E-state index is 0.110. The van der Waals surface area contributed by atoms with Gasteiger partial charge in [-0.3, -0.25) is 0 Å². The number of rotatable bonds is 3. The highest BCUT2D eigenvalue weighted by molar-refractivity contribution is 8.08. The SMILES string of the molecule is CC(CS(=O)Cl)CC(F)(F)F. The van der Waals surface area contributed by atoms with Crippen LogP contribution in [-0.2, 0) is 10.0 Å². The van der Waals surface area contributed by atoms with Crippen molar-refractivity contribution in [2.24, 2.45) is 5.92 Å². The average molecular weight is 209 g/mol. The van der Waals surface area contributed by atoms with Gasteiger partial charge in [0.2, 0.25) is 0 Å². The maximum Gasteiger partial charge on any atom is 0.389 e. The second-order valence-electron chi connectivity index (χ2n) is 2.38. The van der Waals surface area contributed by atoms with E-state index in [4.69, 9.17) is 10.7 Å². The van der Waals surface area contributed by atoms with Crippen molar-refractivity contribution in [3.8, 4) is 0 Å². The third-order valence-corrected chi connectivity index (χ3v) is 2.20. The van der Waals surface area contributed by atoms with Crippen LogP contribution in [-0.4, -0.2) is 16.1 Å². The van der Waals surface area contributed by atoms with Crippen LogP contribution >= 0.6 is 10.7 Å². The third kappa shape index (κ3) is 8.13. The minimum atomic E-state index is -4.18. The molecular weight excluding hydrogens is 201 g/mol. The highest BCUT2D eigenvalue weighted by Gasteiger charge is 2.30. The summed E-state index contributed by atoms with van der Waals surface area (Å²) in [6, 6.07) is 0. The third-order valence-electron chi connectivity index (χ3n) is 0.995. The average Bonchev–Trinajstić information content (AvgIpc) is 1.53. The van der Waals surface area contributed by atoms with Gasteiger partial charge < -0.3 is 0 Å². The Kier molecular flexibility index (Phi) is 4.39. The fourth-order valence-corrected chi connectivity index (χ4v) is 1.89. The first kappa shape index (κ1) is 11.2. The zero-order chi connectivity index (χ0) is 9.07. The number of hydrogen-bond acceptors (Lipinski definition) is 1. The van der Waals surface area contributed by atoms with Crippen molar-refractivity contribution in [3.63, 3.8) is 0 Å². The quantitative estimate of drug-likeness (QED) is 0.652. The van der Waals surface area contributed by atoms with Gasteiger partial charge in [-0.05, 0) is 16.6 Å². The van der Waals surface area contributed by atoms with Crippen LogP contribution in [0, 0.1) is 5.92 Å². The first-order valence-corrected chi connectivity index (χ1v) is 5.07. The van der Waals surface area contributed by atoms with Gasteiger partial charge in [-0.15, -0.1) is 0 Å². The summed E-state index contributed by atoms with van der Waals surface area (Å²) in [7, 11) is 3.35. The van der Waals surface area contributed by atoms with E-state index in [1.54, 1.807) is 0 Å². The van der Waals surface area contributed by atoms with Gasteiger partial charge in [0, 0.05) is 12.2 Å². The summed E-state index contributed by atoms with van der Waals surface area (Å²) in [5.41, 5.74) is 0. The van der Waals surface area contributed by atoms with Gasteiger partial charge >= 0.3 is 6.18 Å². The van der Waals surface area contributed by atoms with Gasteiger partial charge in [-0.1, -0.05) is 6.92 Å². The standard InChI is InChI=1S/C5H8ClF3OS/c1-4(3-11(6)10)2-5(7,8)9/h4H,2-3H2,1H3. The molecule has 0 aliphatic rings. The highest BCUT2D eigenvalue weighted by atomic mass is 35.7. The van der Waals surface area contributed by atoms with Gasteiger partial charge in [0.05, 0.1) is 0 Å². The second-order valence-corrected chi connectivity index (χ2v) is 4.33. The summed E-state index contributed by atoms with van der Waals surface area (Å²) < 4.78 is 45.1. The summed E-state index contributed by atoms with van der Waals surface area (Å²) in [5.74, 6) is -0.783. The fraction of sp³-hybridized carbons (Fsp3) is 1.00. The molecule has 0 aliphatic heterocycles. The predicted molar refractivity (Wildman–Crippen MR) is 38.7 cm³/mol. The molecule has 6 heteroatoms. The topological polar surface area (TPSA) is 17.1 Å². The molecule has 0 aromatic carbocycles. The molecule has 0 saturated heterocycles. The first-order valence-electron chi connectivity index (χ1n) is 2.92. The number of halogens is 4. The molecule has 0 radical (unpaired) electrons. The van der Waals surface area contributed by atoms with E-state index in [9.17, 15) is 17.4 Å². The molecule has 0 heterocycles. The molecule has 0 saturated carbocycles.